The highest BCUT2D eigenvalue weighted by Gasteiger charge is 2.15. The molecule has 7 heteroatoms. The molecule has 1 rings (SSSR count). The lowest BCUT2D eigenvalue weighted by Gasteiger charge is -2.05. The van der Waals surface area contributed by atoms with Crippen LogP contribution in [0.1, 0.15) is 12.8 Å². The van der Waals surface area contributed by atoms with Crippen LogP contribution in [0.2, 0.25) is 5.02 Å². The molecule has 0 fully saturated rings. The zero-order valence-corrected chi connectivity index (χ0v) is 9.61. The highest BCUT2D eigenvalue weighted by atomic mass is 35.5. The molecule has 0 bridgehead atoms. The molecule has 0 aromatic heterocycles. The third kappa shape index (κ3) is 4.01. The fraction of sp³-hybridized carbons (Fsp3) is 0.300. The van der Waals surface area contributed by atoms with Crippen LogP contribution >= 0.6 is 11.6 Å². The van der Waals surface area contributed by atoms with Gasteiger partial charge in [-0.15, -0.1) is 0 Å². The minimum Gasteiger partial charge on any atom is -0.396 e. The summed E-state index contributed by atoms with van der Waals surface area (Å²) in [6.07, 6.45) is 0.403. The number of carbonyl (C=O) groups is 1. The minimum atomic E-state index is -0.599. The first-order valence-corrected chi connectivity index (χ1v) is 5.27. The SMILES string of the molecule is O=C(CCCO)Nc1cc(Cl)ccc1[N+](=O)[O-]. The minimum absolute atomic E-state index is 0.0606. The summed E-state index contributed by atoms with van der Waals surface area (Å²) in [6.45, 7) is -0.106. The normalized spacial score (nSPS) is 10.0. The Morgan fingerprint density at radius 3 is 2.82 bits per heavy atom. The summed E-state index contributed by atoms with van der Waals surface area (Å²) in [6, 6.07) is 3.92. The lowest BCUT2D eigenvalue weighted by Crippen LogP contribution is -2.13. The molecule has 2 N–H and O–H groups in total. The number of aliphatic hydroxyl groups excluding tert-OH is 1. The summed E-state index contributed by atoms with van der Waals surface area (Å²) in [5.41, 5.74) is -0.155. The number of nitrogens with one attached hydrogen (secondary N) is 1. The molecule has 1 aromatic rings. The number of amides is 1. The van der Waals surface area contributed by atoms with Crippen LogP contribution in [-0.4, -0.2) is 22.5 Å². The van der Waals surface area contributed by atoms with Crippen molar-refractivity contribution in [3.8, 4) is 0 Å². The van der Waals surface area contributed by atoms with Crippen LogP contribution in [0.5, 0.6) is 0 Å². The van der Waals surface area contributed by atoms with Gasteiger partial charge in [0.05, 0.1) is 4.92 Å². The second-order valence-electron chi connectivity index (χ2n) is 3.29. The molecule has 0 spiro atoms. The van der Waals surface area contributed by atoms with Gasteiger partial charge in [-0.25, -0.2) is 0 Å². The molecular weight excluding hydrogens is 248 g/mol. The van der Waals surface area contributed by atoms with E-state index in [1.807, 2.05) is 0 Å². The molecule has 92 valence electrons. The second-order valence-corrected chi connectivity index (χ2v) is 3.73. The van der Waals surface area contributed by atoms with Crippen molar-refractivity contribution in [2.75, 3.05) is 11.9 Å². The molecule has 0 aliphatic rings. The van der Waals surface area contributed by atoms with Gasteiger partial charge in [-0.3, -0.25) is 14.9 Å². The lowest BCUT2D eigenvalue weighted by atomic mass is 10.2. The Morgan fingerprint density at radius 2 is 2.24 bits per heavy atom. The first kappa shape index (κ1) is 13.4. The van der Waals surface area contributed by atoms with E-state index in [-0.39, 0.29) is 24.4 Å². The smallest absolute Gasteiger partial charge is 0.292 e. The number of nitro groups is 1. The second kappa shape index (κ2) is 6.17. The van der Waals surface area contributed by atoms with Crippen molar-refractivity contribution in [2.45, 2.75) is 12.8 Å². The predicted octanol–water partition coefficient (Wildman–Crippen LogP) is 1.96. The molecule has 0 radical (unpaired) electrons. The van der Waals surface area contributed by atoms with Crippen LogP contribution in [0, 0.1) is 10.1 Å². The molecular formula is C10H11ClN2O4. The van der Waals surface area contributed by atoms with Crippen molar-refractivity contribution in [1.29, 1.82) is 0 Å². The Bertz CT molecular complexity index is 436. The van der Waals surface area contributed by atoms with Gasteiger partial charge in [-0.05, 0) is 18.6 Å². The maximum absolute atomic E-state index is 11.4. The number of nitrogens with zero attached hydrogens (tertiary/aromatic N) is 1. The van der Waals surface area contributed by atoms with Gasteiger partial charge in [-0.2, -0.15) is 0 Å². The van der Waals surface area contributed by atoms with E-state index >= 15 is 0 Å². The summed E-state index contributed by atoms with van der Waals surface area (Å²) in [5, 5.41) is 21.9. The molecule has 0 unspecified atom stereocenters. The Labute approximate surface area is 102 Å². The van der Waals surface area contributed by atoms with Crippen LogP contribution in [0.25, 0.3) is 0 Å². The molecule has 0 aliphatic carbocycles. The van der Waals surface area contributed by atoms with Crippen LogP contribution in [0.4, 0.5) is 11.4 Å². The largest absolute Gasteiger partial charge is 0.396 e. The molecule has 6 nitrogen and oxygen atoms in total. The summed E-state index contributed by atoms with van der Waals surface area (Å²) in [5.74, 6) is -0.399. The van der Waals surface area contributed by atoms with Crippen LogP contribution in [0.15, 0.2) is 18.2 Å². The lowest BCUT2D eigenvalue weighted by molar-refractivity contribution is -0.383. The van der Waals surface area contributed by atoms with Crippen molar-refractivity contribution in [3.05, 3.63) is 33.3 Å². The fourth-order valence-electron chi connectivity index (χ4n) is 1.22. The van der Waals surface area contributed by atoms with E-state index in [0.29, 0.717) is 11.4 Å². The first-order valence-electron chi connectivity index (χ1n) is 4.89. The van der Waals surface area contributed by atoms with E-state index in [9.17, 15) is 14.9 Å². The van der Waals surface area contributed by atoms with Gasteiger partial charge >= 0.3 is 0 Å². The van der Waals surface area contributed by atoms with Gasteiger partial charge in [0.15, 0.2) is 0 Å². The monoisotopic (exact) mass is 258 g/mol. The first-order chi connectivity index (χ1) is 8.04. The van der Waals surface area contributed by atoms with Crippen molar-refractivity contribution >= 4 is 28.9 Å². The molecule has 0 atom stereocenters. The summed E-state index contributed by atoms with van der Waals surface area (Å²) in [7, 11) is 0. The van der Waals surface area contributed by atoms with E-state index in [1.54, 1.807) is 0 Å². The molecule has 1 aromatic carbocycles. The summed E-state index contributed by atoms with van der Waals surface area (Å²) < 4.78 is 0. The molecule has 0 aliphatic heterocycles. The number of anilines is 1. The van der Waals surface area contributed by atoms with Crippen molar-refractivity contribution < 1.29 is 14.8 Å². The number of carbonyl (C=O) groups excluding carboxylic acids is 1. The number of hydrogen-bond donors (Lipinski definition) is 2. The quantitative estimate of drug-likeness (QED) is 0.624. The van der Waals surface area contributed by atoms with E-state index in [2.05, 4.69) is 5.32 Å². The third-order valence-corrected chi connectivity index (χ3v) is 2.23. The highest BCUT2D eigenvalue weighted by molar-refractivity contribution is 6.31. The number of halogens is 1. The van der Waals surface area contributed by atoms with E-state index in [0.717, 1.165) is 0 Å². The molecule has 17 heavy (non-hydrogen) atoms. The van der Waals surface area contributed by atoms with Gasteiger partial charge < -0.3 is 10.4 Å². The summed E-state index contributed by atoms with van der Waals surface area (Å²) in [4.78, 5) is 21.5. The van der Waals surface area contributed by atoms with Gasteiger partial charge in [0.1, 0.15) is 5.69 Å². The molecule has 0 heterocycles. The number of aliphatic hydroxyl groups is 1. The number of benzene rings is 1. The van der Waals surface area contributed by atoms with Crippen molar-refractivity contribution in [1.82, 2.24) is 0 Å². The van der Waals surface area contributed by atoms with Crippen molar-refractivity contribution in [3.63, 3.8) is 0 Å². The van der Waals surface area contributed by atoms with E-state index < -0.39 is 10.8 Å². The molecule has 0 saturated carbocycles. The molecule has 0 saturated heterocycles. The average molecular weight is 259 g/mol. The fourth-order valence-corrected chi connectivity index (χ4v) is 1.39. The Morgan fingerprint density at radius 1 is 1.53 bits per heavy atom. The number of rotatable bonds is 5. The van der Waals surface area contributed by atoms with E-state index in [1.165, 1.54) is 18.2 Å². The van der Waals surface area contributed by atoms with Crippen LogP contribution < -0.4 is 5.32 Å². The topological polar surface area (TPSA) is 92.5 Å². The zero-order valence-electron chi connectivity index (χ0n) is 8.85. The zero-order chi connectivity index (χ0) is 12.8. The van der Waals surface area contributed by atoms with Gasteiger partial charge in [0.25, 0.3) is 5.69 Å². The standard InChI is InChI=1S/C10H11ClN2O4/c11-7-3-4-9(13(16)17)8(6-7)12-10(15)2-1-5-14/h3-4,6,14H,1-2,5H2,(H,12,15). The maximum Gasteiger partial charge on any atom is 0.292 e. The van der Waals surface area contributed by atoms with E-state index in [4.69, 9.17) is 16.7 Å². The average Bonchev–Trinajstić information content (AvgIpc) is 2.26. The Hall–Kier alpha value is -1.66. The summed E-state index contributed by atoms with van der Waals surface area (Å²) >= 11 is 5.70. The Balaban J connectivity index is 2.85. The third-order valence-electron chi connectivity index (χ3n) is 1.99. The van der Waals surface area contributed by atoms with Crippen LogP contribution in [0.3, 0.4) is 0 Å². The highest BCUT2D eigenvalue weighted by Crippen LogP contribution is 2.27. The predicted molar refractivity (Wildman–Crippen MR) is 63.1 cm³/mol. The van der Waals surface area contributed by atoms with Gasteiger partial charge in [0.2, 0.25) is 5.91 Å². The van der Waals surface area contributed by atoms with Gasteiger partial charge in [0, 0.05) is 24.1 Å². The number of nitro benzene ring substituents is 1. The maximum atomic E-state index is 11.4. The Kier molecular flexibility index (Phi) is 4.86. The number of hydrogen-bond acceptors (Lipinski definition) is 4. The van der Waals surface area contributed by atoms with Gasteiger partial charge in [-0.1, -0.05) is 11.6 Å². The molecule has 1 amide bonds. The van der Waals surface area contributed by atoms with Crippen molar-refractivity contribution in [2.24, 2.45) is 0 Å². The van der Waals surface area contributed by atoms with Crippen LogP contribution in [-0.2, 0) is 4.79 Å².